The van der Waals surface area contributed by atoms with Crippen LogP contribution in [0.3, 0.4) is 0 Å². The normalized spacial score (nSPS) is 11.8. The fourth-order valence-corrected chi connectivity index (χ4v) is 14.2. The van der Waals surface area contributed by atoms with Gasteiger partial charge in [0.05, 0.1) is 0 Å². The maximum atomic E-state index is 6.69. The van der Waals surface area contributed by atoms with Gasteiger partial charge in [-0.3, -0.25) is 0 Å². The first kappa shape index (κ1) is 56.6. The van der Waals surface area contributed by atoms with Crippen LogP contribution in [0.15, 0.2) is 333 Å². The van der Waals surface area contributed by atoms with Gasteiger partial charge in [-0.05, 0) is 147 Å². The molecule has 0 aliphatic carbocycles. The molecule has 14 aromatic carbocycles. The second-order valence-electron chi connectivity index (χ2n) is 25.3. The number of rotatable bonds is 11. The van der Waals surface area contributed by atoms with Crippen molar-refractivity contribution in [2.45, 2.75) is 0 Å². The quantitative estimate of drug-likeness (QED) is 0.123. The average molecular weight is 1280 g/mol. The van der Waals surface area contributed by atoms with E-state index >= 15 is 0 Å². The summed E-state index contributed by atoms with van der Waals surface area (Å²) in [6, 6.07) is 108. The molecule has 10 heteroatoms. The van der Waals surface area contributed by atoms with Gasteiger partial charge in [0, 0.05) is 76.5 Å². The number of hydrogen-bond acceptors (Lipinski definition) is 10. The van der Waals surface area contributed by atoms with E-state index in [1.807, 2.05) is 121 Å². The van der Waals surface area contributed by atoms with Crippen LogP contribution in [0.1, 0.15) is 0 Å². The summed E-state index contributed by atoms with van der Waals surface area (Å²) < 4.78 is 26.2. The molecule has 100 heavy (non-hydrogen) atoms. The Morgan fingerprint density at radius 1 is 0.150 bits per heavy atom. The average Bonchev–Trinajstić information content (AvgIpc) is 1.57. The van der Waals surface area contributed by atoms with Gasteiger partial charge in [0.1, 0.15) is 44.7 Å². The van der Waals surface area contributed by atoms with Crippen LogP contribution in [0.25, 0.3) is 212 Å². The third kappa shape index (κ3) is 9.80. The second kappa shape index (κ2) is 23.0. The van der Waals surface area contributed by atoms with Crippen LogP contribution in [0.4, 0.5) is 0 Å². The van der Waals surface area contributed by atoms with Crippen molar-refractivity contribution in [2.24, 2.45) is 0 Å². The highest BCUT2D eigenvalue weighted by atomic mass is 16.3. The molecule has 0 fully saturated rings. The maximum Gasteiger partial charge on any atom is 0.164 e. The summed E-state index contributed by atoms with van der Waals surface area (Å²) >= 11 is 0. The summed E-state index contributed by atoms with van der Waals surface area (Å²) in [5, 5.41) is 7.69. The molecular formula is C90H52N6O4. The van der Waals surface area contributed by atoms with Crippen molar-refractivity contribution in [1.82, 2.24) is 29.9 Å². The number of aromatic nitrogens is 6. The Morgan fingerprint density at radius 2 is 0.470 bits per heavy atom. The summed E-state index contributed by atoms with van der Waals surface area (Å²) in [7, 11) is 0. The summed E-state index contributed by atoms with van der Waals surface area (Å²) in [6.45, 7) is 0. The van der Waals surface area contributed by atoms with Crippen molar-refractivity contribution in [3.8, 4) is 124 Å². The van der Waals surface area contributed by atoms with Crippen LogP contribution in [-0.2, 0) is 0 Å². The first-order chi connectivity index (χ1) is 49.5. The van der Waals surface area contributed by atoms with Crippen LogP contribution >= 0.6 is 0 Å². The highest BCUT2D eigenvalue weighted by Gasteiger charge is 2.24. The van der Waals surface area contributed by atoms with E-state index in [0.29, 0.717) is 34.9 Å². The number of hydrogen-bond donors (Lipinski definition) is 0. The van der Waals surface area contributed by atoms with E-state index < -0.39 is 0 Å². The maximum absolute atomic E-state index is 6.69. The molecule has 0 atom stereocenters. The predicted molar refractivity (Wildman–Crippen MR) is 402 cm³/mol. The molecule has 0 spiro atoms. The molecule has 6 aromatic heterocycles. The van der Waals surface area contributed by atoms with Gasteiger partial charge >= 0.3 is 0 Å². The minimum atomic E-state index is 0.516. The fraction of sp³-hybridized carbons (Fsp3) is 0. The third-order valence-electron chi connectivity index (χ3n) is 19.2. The second-order valence-corrected chi connectivity index (χ2v) is 25.3. The molecule has 0 saturated carbocycles. The van der Waals surface area contributed by atoms with Crippen molar-refractivity contribution in [3.05, 3.63) is 315 Å². The van der Waals surface area contributed by atoms with Crippen molar-refractivity contribution < 1.29 is 17.7 Å². The van der Waals surface area contributed by atoms with Crippen molar-refractivity contribution >= 4 is 87.8 Å². The zero-order chi connectivity index (χ0) is 65.8. The minimum absolute atomic E-state index is 0.516. The molecule has 0 amide bonds. The Labute approximate surface area is 571 Å². The molecular weight excluding hydrogens is 1230 g/mol. The molecule has 20 rings (SSSR count). The summed E-state index contributed by atoms with van der Waals surface area (Å²) in [5.74, 6) is 3.19. The molecule has 466 valence electrons. The topological polar surface area (TPSA) is 130 Å². The summed E-state index contributed by atoms with van der Waals surface area (Å²) in [6.07, 6.45) is 0. The number of benzene rings is 14. The van der Waals surface area contributed by atoms with E-state index in [1.54, 1.807) is 0 Å². The predicted octanol–water partition coefficient (Wildman–Crippen LogP) is 24.0. The SMILES string of the molecule is c1ccc(-c2ccc(-c3ccc4c(c3)oc3cccc(-c5nc(-c6ccccc6)nc(-c6ccc7oc8ccc(-c9ccc(-c%10nc(-c%11ccc%12oc%13ccccc%13c%12c%11)nc(-c%11cc(-c%12ccc(-c%13ccccc%13)cc%12)cc%12oc%13ccccc%13c%11%12)n%10)cc9)cc8c7c6)n5)c34)cc2)cc1. The Morgan fingerprint density at radius 3 is 1.05 bits per heavy atom. The molecule has 0 unspecified atom stereocenters. The Bertz CT molecular complexity index is 6620. The summed E-state index contributed by atoms with van der Waals surface area (Å²) in [4.78, 5) is 31.8. The molecule has 6 heterocycles. The van der Waals surface area contributed by atoms with Crippen LogP contribution in [0, 0.1) is 0 Å². The van der Waals surface area contributed by atoms with E-state index in [2.05, 4.69) is 194 Å². The van der Waals surface area contributed by atoms with Crippen LogP contribution in [-0.4, -0.2) is 29.9 Å². The molecule has 0 radical (unpaired) electrons. The minimum Gasteiger partial charge on any atom is -0.456 e. The summed E-state index contributed by atoms with van der Waals surface area (Å²) in [5.41, 5.74) is 22.0. The molecule has 0 bridgehead atoms. The Balaban J connectivity index is 0.671. The molecule has 0 N–H and O–H groups in total. The highest BCUT2D eigenvalue weighted by molar-refractivity contribution is 6.15. The number of furan rings is 4. The van der Waals surface area contributed by atoms with Gasteiger partial charge in [0.2, 0.25) is 0 Å². The van der Waals surface area contributed by atoms with E-state index in [9.17, 15) is 0 Å². The molecule has 20 aromatic rings. The van der Waals surface area contributed by atoms with Gasteiger partial charge in [-0.15, -0.1) is 0 Å². The number of nitrogens with zero attached hydrogens (tertiary/aromatic N) is 6. The van der Waals surface area contributed by atoms with Gasteiger partial charge in [0.25, 0.3) is 0 Å². The van der Waals surface area contributed by atoms with Crippen LogP contribution in [0.2, 0.25) is 0 Å². The van der Waals surface area contributed by atoms with Gasteiger partial charge in [-0.2, -0.15) is 0 Å². The lowest BCUT2D eigenvalue weighted by Crippen LogP contribution is -2.01. The Hall–Kier alpha value is -13.7. The standard InChI is InChI=1S/C90H52N6O4/c1-4-15-53(16-5-1)55-27-31-58(32-28-55)63-39-43-69-81(51-63)100-80-26-14-23-70(83(69)80)89-93-85(60-19-8-3-9-20-60)91-87(95-89)65-42-46-79-73(49-65)72-47-62(40-44-78(72)98-79)57-35-37-61(38-36-57)86-92-88(64-41-45-77-71(48-64)67-21-10-12-24-75(67)97-77)96-90(94-86)74-50-66(52-82-84(74)68-22-11-13-25-76(68)99-82)59-33-29-56(30-34-59)54-17-6-2-7-18-54/h1-52H. The van der Waals surface area contributed by atoms with Crippen molar-refractivity contribution in [3.63, 3.8) is 0 Å². The lowest BCUT2D eigenvalue weighted by Gasteiger charge is -2.12. The number of fused-ring (bicyclic) bond motifs is 12. The Kier molecular flexibility index (Phi) is 13.0. The lowest BCUT2D eigenvalue weighted by molar-refractivity contribution is 0.668. The first-order valence-electron chi connectivity index (χ1n) is 33.3. The van der Waals surface area contributed by atoms with E-state index in [0.717, 1.165) is 166 Å². The first-order valence-corrected chi connectivity index (χ1v) is 33.3. The van der Waals surface area contributed by atoms with Crippen LogP contribution in [0.5, 0.6) is 0 Å². The van der Waals surface area contributed by atoms with Crippen molar-refractivity contribution in [2.75, 3.05) is 0 Å². The zero-order valence-electron chi connectivity index (χ0n) is 53.3. The van der Waals surface area contributed by atoms with Gasteiger partial charge in [-0.25, -0.2) is 29.9 Å². The fourth-order valence-electron chi connectivity index (χ4n) is 14.2. The van der Waals surface area contributed by atoms with E-state index in [1.165, 1.54) is 11.1 Å². The van der Waals surface area contributed by atoms with Gasteiger partial charge in [-0.1, -0.05) is 224 Å². The molecule has 0 aliphatic heterocycles. The van der Waals surface area contributed by atoms with E-state index in [-0.39, 0.29) is 0 Å². The number of para-hydroxylation sites is 2. The molecule has 0 aliphatic rings. The van der Waals surface area contributed by atoms with Gasteiger partial charge < -0.3 is 17.7 Å². The monoisotopic (exact) mass is 1280 g/mol. The zero-order valence-corrected chi connectivity index (χ0v) is 53.3. The van der Waals surface area contributed by atoms with Crippen LogP contribution < -0.4 is 0 Å². The van der Waals surface area contributed by atoms with Gasteiger partial charge in [0.15, 0.2) is 34.9 Å². The largest absolute Gasteiger partial charge is 0.456 e. The lowest BCUT2D eigenvalue weighted by atomic mass is 9.96. The van der Waals surface area contributed by atoms with E-state index in [4.69, 9.17) is 47.6 Å². The molecule has 0 saturated heterocycles. The van der Waals surface area contributed by atoms with Crippen molar-refractivity contribution in [1.29, 1.82) is 0 Å². The smallest absolute Gasteiger partial charge is 0.164 e. The third-order valence-corrected chi connectivity index (χ3v) is 19.2. The molecule has 10 nitrogen and oxygen atoms in total. The highest BCUT2D eigenvalue weighted by Crippen LogP contribution is 2.44.